The van der Waals surface area contributed by atoms with Gasteiger partial charge < -0.3 is 15.3 Å². The molecule has 1 aromatic rings. The van der Waals surface area contributed by atoms with Crippen LogP contribution in [0.4, 0.5) is 5.69 Å². The Morgan fingerprint density at radius 2 is 2.11 bits per heavy atom. The second kappa shape index (κ2) is 9.78. The van der Waals surface area contributed by atoms with Crippen molar-refractivity contribution in [3.63, 3.8) is 0 Å². The molecule has 2 amide bonds. The first-order valence-corrected chi connectivity index (χ1v) is 10.5. The summed E-state index contributed by atoms with van der Waals surface area (Å²) in [5, 5.41) is 12.0. The highest BCUT2D eigenvalue weighted by molar-refractivity contribution is 7.99. The van der Waals surface area contributed by atoms with Gasteiger partial charge in [-0.05, 0) is 42.4 Å². The number of aryl methyl sites for hydroxylation is 2. The fourth-order valence-electron chi connectivity index (χ4n) is 3.38. The van der Waals surface area contributed by atoms with Gasteiger partial charge in [0, 0.05) is 18.7 Å². The maximum Gasteiger partial charge on any atom is 0.326 e. The summed E-state index contributed by atoms with van der Waals surface area (Å²) in [6.07, 6.45) is 1.29. The molecule has 1 heterocycles. The molecule has 1 fully saturated rings. The molecular weight excluding hydrogens is 364 g/mol. The fourth-order valence-corrected chi connectivity index (χ4v) is 4.07. The molecule has 2 rings (SSSR count). The predicted octanol–water partition coefficient (Wildman–Crippen LogP) is 2.62. The monoisotopic (exact) mass is 392 g/mol. The van der Waals surface area contributed by atoms with Gasteiger partial charge in [0.05, 0.1) is 5.92 Å². The van der Waals surface area contributed by atoms with Gasteiger partial charge >= 0.3 is 5.97 Å². The molecule has 0 radical (unpaired) electrons. The van der Waals surface area contributed by atoms with Crippen LogP contribution in [-0.2, 0) is 20.8 Å². The zero-order chi connectivity index (χ0) is 20.0. The summed E-state index contributed by atoms with van der Waals surface area (Å²) >= 11 is 1.64. The molecule has 0 spiro atoms. The number of carbonyl (C=O) groups is 3. The van der Waals surface area contributed by atoms with Crippen LogP contribution >= 0.6 is 11.8 Å². The predicted molar refractivity (Wildman–Crippen MR) is 108 cm³/mol. The summed E-state index contributed by atoms with van der Waals surface area (Å²) < 4.78 is 0. The van der Waals surface area contributed by atoms with E-state index in [-0.39, 0.29) is 18.2 Å². The van der Waals surface area contributed by atoms with E-state index in [9.17, 15) is 19.5 Å². The minimum Gasteiger partial charge on any atom is -0.480 e. The summed E-state index contributed by atoms with van der Waals surface area (Å²) in [4.78, 5) is 38.3. The van der Waals surface area contributed by atoms with Crippen molar-refractivity contribution in [1.82, 2.24) is 5.32 Å². The number of nitrogens with zero attached hydrogens (tertiary/aromatic N) is 1. The molecular formula is C20H28N2O4S. The average Bonchev–Trinajstić information content (AvgIpc) is 3.02. The minimum atomic E-state index is -1.03. The second-order valence-electron chi connectivity index (χ2n) is 6.73. The summed E-state index contributed by atoms with van der Waals surface area (Å²) in [5.41, 5.74) is 2.96. The number of carboxylic acids is 1. The van der Waals surface area contributed by atoms with E-state index in [2.05, 4.69) is 5.32 Å². The van der Waals surface area contributed by atoms with E-state index in [0.717, 1.165) is 29.0 Å². The average molecular weight is 393 g/mol. The number of benzene rings is 1. The molecule has 2 atom stereocenters. The van der Waals surface area contributed by atoms with Gasteiger partial charge in [0.15, 0.2) is 0 Å². The Balaban J connectivity index is 2.08. The number of anilines is 1. The lowest BCUT2D eigenvalue weighted by Crippen LogP contribution is -2.44. The number of rotatable bonds is 9. The SMILES string of the molecule is CCSCCC(NC(=O)C1CC(=O)N(c2c(C)cccc2CC)C1)C(=O)O. The van der Waals surface area contributed by atoms with Crippen LogP contribution in [0.25, 0.3) is 0 Å². The molecule has 1 aromatic carbocycles. The van der Waals surface area contributed by atoms with Crippen LogP contribution in [0.3, 0.4) is 0 Å². The van der Waals surface area contributed by atoms with E-state index in [4.69, 9.17) is 0 Å². The van der Waals surface area contributed by atoms with Gasteiger partial charge in [0.1, 0.15) is 6.04 Å². The molecule has 1 aliphatic heterocycles. The van der Waals surface area contributed by atoms with Crippen LogP contribution in [0.1, 0.15) is 37.8 Å². The standard InChI is InChI=1S/C20H28N2O4S/c1-4-14-8-6-7-13(3)18(14)22-12-15(11-17(22)23)19(24)21-16(20(25)26)9-10-27-5-2/h6-8,15-16H,4-5,9-12H2,1-3H3,(H,21,24)(H,25,26). The van der Waals surface area contributed by atoms with Crippen LogP contribution in [0.2, 0.25) is 0 Å². The Morgan fingerprint density at radius 1 is 1.37 bits per heavy atom. The Kier molecular flexibility index (Phi) is 7.71. The molecule has 0 aromatic heterocycles. The van der Waals surface area contributed by atoms with Crippen LogP contribution in [0.15, 0.2) is 18.2 Å². The molecule has 1 aliphatic rings. The Morgan fingerprint density at radius 3 is 2.74 bits per heavy atom. The van der Waals surface area contributed by atoms with Crippen molar-refractivity contribution in [3.05, 3.63) is 29.3 Å². The smallest absolute Gasteiger partial charge is 0.326 e. The molecule has 148 valence electrons. The van der Waals surface area contributed by atoms with Gasteiger partial charge in [-0.15, -0.1) is 0 Å². The molecule has 1 saturated heterocycles. The lowest BCUT2D eigenvalue weighted by molar-refractivity contribution is -0.142. The molecule has 0 saturated carbocycles. The third-order valence-corrected chi connectivity index (χ3v) is 5.77. The van der Waals surface area contributed by atoms with Crippen molar-refractivity contribution in [1.29, 1.82) is 0 Å². The zero-order valence-electron chi connectivity index (χ0n) is 16.2. The first kappa shape index (κ1) is 21.3. The summed E-state index contributed by atoms with van der Waals surface area (Å²) in [6.45, 7) is 6.29. The molecule has 2 unspecified atom stereocenters. The number of hydrogen-bond acceptors (Lipinski definition) is 4. The fraction of sp³-hybridized carbons (Fsp3) is 0.550. The maximum atomic E-state index is 12.6. The molecule has 0 bridgehead atoms. The van der Waals surface area contributed by atoms with E-state index in [1.165, 1.54) is 0 Å². The van der Waals surface area contributed by atoms with E-state index >= 15 is 0 Å². The number of thioether (sulfide) groups is 1. The molecule has 7 heteroatoms. The van der Waals surface area contributed by atoms with Crippen molar-refractivity contribution in [3.8, 4) is 0 Å². The van der Waals surface area contributed by atoms with Gasteiger partial charge in [0.25, 0.3) is 0 Å². The number of carboxylic acid groups (broad SMARTS) is 1. The van der Waals surface area contributed by atoms with Gasteiger partial charge in [-0.2, -0.15) is 11.8 Å². The Labute approximate surface area is 164 Å². The van der Waals surface area contributed by atoms with Crippen LogP contribution in [-0.4, -0.2) is 47.0 Å². The largest absolute Gasteiger partial charge is 0.480 e. The van der Waals surface area contributed by atoms with Gasteiger partial charge in [-0.1, -0.05) is 32.0 Å². The van der Waals surface area contributed by atoms with E-state index in [0.29, 0.717) is 18.7 Å². The normalized spacial score (nSPS) is 17.8. The highest BCUT2D eigenvalue weighted by atomic mass is 32.2. The number of para-hydroxylation sites is 1. The van der Waals surface area contributed by atoms with Crippen LogP contribution in [0.5, 0.6) is 0 Å². The molecule has 0 aliphatic carbocycles. The minimum absolute atomic E-state index is 0.0902. The summed E-state index contributed by atoms with van der Waals surface area (Å²) in [6, 6.07) is 5.01. The van der Waals surface area contributed by atoms with Crippen molar-refractivity contribution in [2.45, 2.75) is 46.1 Å². The van der Waals surface area contributed by atoms with Crippen molar-refractivity contribution >= 4 is 35.2 Å². The lowest BCUT2D eigenvalue weighted by Gasteiger charge is -2.22. The third kappa shape index (κ3) is 5.25. The van der Waals surface area contributed by atoms with Crippen molar-refractivity contribution in [2.75, 3.05) is 23.0 Å². The number of aliphatic carboxylic acids is 1. The summed E-state index contributed by atoms with van der Waals surface area (Å²) in [5.74, 6) is -0.426. The highest BCUT2D eigenvalue weighted by Gasteiger charge is 2.37. The van der Waals surface area contributed by atoms with Crippen molar-refractivity contribution < 1.29 is 19.5 Å². The summed E-state index contributed by atoms with van der Waals surface area (Å²) in [7, 11) is 0. The third-order valence-electron chi connectivity index (χ3n) is 4.84. The maximum absolute atomic E-state index is 12.6. The van der Waals surface area contributed by atoms with Gasteiger partial charge in [0.2, 0.25) is 11.8 Å². The van der Waals surface area contributed by atoms with E-state index in [1.807, 2.05) is 39.0 Å². The number of hydrogen-bond donors (Lipinski definition) is 2. The highest BCUT2D eigenvalue weighted by Crippen LogP contribution is 2.31. The first-order valence-electron chi connectivity index (χ1n) is 9.38. The number of amides is 2. The Hall–Kier alpha value is -2.02. The van der Waals surface area contributed by atoms with Gasteiger partial charge in [-0.25, -0.2) is 4.79 Å². The zero-order valence-corrected chi connectivity index (χ0v) is 17.0. The van der Waals surface area contributed by atoms with Gasteiger partial charge in [-0.3, -0.25) is 9.59 Å². The van der Waals surface area contributed by atoms with Crippen LogP contribution < -0.4 is 10.2 Å². The molecule has 27 heavy (non-hydrogen) atoms. The number of nitrogens with one attached hydrogen (secondary N) is 1. The quantitative estimate of drug-likeness (QED) is 0.631. The van der Waals surface area contributed by atoms with E-state index < -0.39 is 17.9 Å². The lowest BCUT2D eigenvalue weighted by atomic mass is 10.0. The number of carbonyl (C=O) groups excluding carboxylic acids is 2. The van der Waals surface area contributed by atoms with Crippen molar-refractivity contribution in [2.24, 2.45) is 5.92 Å². The molecule has 2 N–H and O–H groups in total. The molecule has 6 nitrogen and oxygen atoms in total. The second-order valence-corrected chi connectivity index (χ2v) is 8.12. The van der Waals surface area contributed by atoms with Crippen LogP contribution in [0, 0.1) is 12.8 Å². The van der Waals surface area contributed by atoms with E-state index in [1.54, 1.807) is 16.7 Å². The first-order chi connectivity index (χ1) is 12.9. The topological polar surface area (TPSA) is 86.7 Å². The Bertz CT molecular complexity index is 707.